The largest absolute Gasteiger partial charge is 0.335 e. The highest BCUT2D eigenvalue weighted by molar-refractivity contribution is 7.99. The number of hydrogen-bond donors (Lipinski definition) is 1. The third kappa shape index (κ3) is 5.28. The van der Waals surface area contributed by atoms with E-state index in [1.54, 1.807) is 18.2 Å². The van der Waals surface area contributed by atoms with Crippen molar-refractivity contribution < 1.29 is 4.79 Å². The average Bonchev–Trinajstić information content (AvgIpc) is 3.06. The van der Waals surface area contributed by atoms with Crippen molar-refractivity contribution in [2.45, 2.75) is 38.0 Å². The Kier molecular flexibility index (Phi) is 6.95. The van der Waals surface area contributed by atoms with Crippen molar-refractivity contribution in [3.63, 3.8) is 0 Å². The van der Waals surface area contributed by atoms with Crippen LogP contribution in [0.3, 0.4) is 0 Å². The van der Waals surface area contributed by atoms with Gasteiger partial charge in [0.1, 0.15) is 0 Å². The molecular formula is C21H23Cl2N5OS. The van der Waals surface area contributed by atoms with Crippen LogP contribution in [0.4, 0.5) is 0 Å². The molecule has 158 valence electrons. The minimum absolute atomic E-state index is 0.0123. The van der Waals surface area contributed by atoms with E-state index in [4.69, 9.17) is 29.0 Å². The molecule has 1 heterocycles. The zero-order chi connectivity index (χ0) is 21.9. The zero-order valence-corrected chi connectivity index (χ0v) is 19.3. The summed E-state index contributed by atoms with van der Waals surface area (Å²) in [5.41, 5.74) is 1.33. The Morgan fingerprint density at radius 2 is 1.83 bits per heavy atom. The molecule has 3 aromatic rings. The summed E-state index contributed by atoms with van der Waals surface area (Å²) in [5.74, 6) is 6.72. The third-order valence-corrected chi connectivity index (χ3v) is 5.95. The first-order valence-electron chi connectivity index (χ1n) is 9.30. The fourth-order valence-corrected chi connectivity index (χ4v) is 4.00. The fourth-order valence-electron chi connectivity index (χ4n) is 2.90. The molecule has 0 aliphatic rings. The van der Waals surface area contributed by atoms with Crippen LogP contribution in [0.1, 0.15) is 26.3 Å². The third-order valence-electron chi connectivity index (χ3n) is 4.45. The summed E-state index contributed by atoms with van der Waals surface area (Å²) in [6.07, 6.45) is 0. The van der Waals surface area contributed by atoms with E-state index in [0.717, 1.165) is 5.56 Å². The second-order valence-electron chi connectivity index (χ2n) is 7.73. The van der Waals surface area contributed by atoms with Gasteiger partial charge in [0.05, 0.1) is 10.8 Å². The van der Waals surface area contributed by atoms with Crippen LogP contribution in [0.15, 0.2) is 53.7 Å². The second kappa shape index (κ2) is 9.29. The Balaban J connectivity index is 1.75. The number of thioether (sulfide) groups is 1. The quantitative estimate of drug-likeness (QED) is 0.416. The van der Waals surface area contributed by atoms with E-state index in [1.807, 2.05) is 56.0 Å². The number of carbonyl (C=O) groups excluding carboxylic acids is 1. The number of halogens is 2. The maximum absolute atomic E-state index is 13.0. The zero-order valence-electron chi connectivity index (χ0n) is 17.0. The molecule has 3 rings (SSSR count). The van der Waals surface area contributed by atoms with Crippen molar-refractivity contribution in [2.75, 3.05) is 11.6 Å². The van der Waals surface area contributed by atoms with E-state index >= 15 is 0 Å². The van der Waals surface area contributed by atoms with E-state index in [-0.39, 0.29) is 17.2 Å². The first-order valence-corrected chi connectivity index (χ1v) is 11.0. The monoisotopic (exact) mass is 463 g/mol. The Hall–Kier alpha value is -2.22. The fraction of sp³-hybridized carbons (Fsp3) is 0.286. The molecule has 0 unspecified atom stereocenters. The number of aromatic nitrogens is 3. The van der Waals surface area contributed by atoms with Crippen molar-refractivity contribution >= 4 is 40.9 Å². The molecule has 0 aliphatic heterocycles. The SMILES string of the molecule is CC(C)(C)N(Cc1ccccc1)C(=O)CSc1nnc(-c2cc(Cl)ccc2Cl)n1N. The Bertz CT molecular complexity index is 1030. The number of rotatable bonds is 6. The van der Waals surface area contributed by atoms with E-state index in [9.17, 15) is 4.79 Å². The molecule has 0 atom stereocenters. The van der Waals surface area contributed by atoms with Crippen molar-refractivity contribution in [3.8, 4) is 11.4 Å². The Morgan fingerprint density at radius 1 is 1.13 bits per heavy atom. The van der Waals surface area contributed by atoms with E-state index in [0.29, 0.717) is 33.1 Å². The Morgan fingerprint density at radius 3 is 2.50 bits per heavy atom. The van der Waals surface area contributed by atoms with Gasteiger partial charge in [0.15, 0.2) is 5.82 Å². The van der Waals surface area contributed by atoms with Crippen LogP contribution in [-0.2, 0) is 11.3 Å². The van der Waals surface area contributed by atoms with E-state index in [2.05, 4.69) is 10.2 Å². The van der Waals surface area contributed by atoms with Gasteiger partial charge in [0, 0.05) is 22.7 Å². The number of nitrogens with zero attached hydrogens (tertiary/aromatic N) is 4. The van der Waals surface area contributed by atoms with Crippen LogP contribution in [-0.4, -0.2) is 37.0 Å². The van der Waals surface area contributed by atoms with Gasteiger partial charge in [0.25, 0.3) is 0 Å². The van der Waals surface area contributed by atoms with Gasteiger partial charge in [-0.05, 0) is 44.5 Å². The molecular weight excluding hydrogens is 441 g/mol. The number of carbonyl (C=O) groups is 1. The topological polar surface area (TPSA) is 77.0 Å². The molecule has 0 saturated heterocycles. The maximum atomic E-state index is 13.0. The van der Waals surface area contributed by atoms with Crippen molar-refractivity contribution in [1.82, 2.24) is 19.8 Å². The van der Waals surface area contributed by atoms with Gasteiger partial charge in [-0.2, -0.15) is 0 Å². The second-order valence-corrected chi connectivity index (χ2v) is 9.51. The van der Waals surface area contributed by atoms with Crippen LogP contribution in [0, 0.1) is 0 Å². The lowest BCUT2D eigenvalue weighted by molar-refractivity contribution is -0.133. The summed E-state index contributed by atoms with van der Waals surface area (Å²) in [6.45, 7) is 6.58. The summed E-state index contributed by atoms with van der Waals surface area (Å²) in [7, 11) is 0. The highest BCUT2D eigenvalue weighted by atomic mass is 35.5. The molecule has 0 spiro atoms. The lowest BCUT2D eigenvalue weighted by atomic mass is 10.0. The van der Waals surface area contributed by atoms with Crippen molar-refractivity contribution in [2.24, 2.45) is 0 Å². The lowest BCUT2D eigenvalue weighted by Gasteiger charge is -2.36. The molecule has 0 fully saturated rings. The summed E-state index contributed by atoms with van der Waals surface area (Å²) in [5, 5.41) is 9.65. The molecule has 30 heavy (non-hydrogen) atoms. The average molecular weight is 464 g/mol. The summed E-state index contributed by atoms with van der Waals surface area (Å²) in [4.78, 5) is 14.9. The maximum Gasteiger partial charge on any atom is 0.233 e. The van der Waals surface area contributed by atoms with Gasteiger partial charge in [0.2, 0.25) is 11.1 Å². The number of nitrogen functional groups attached to an aromatic ring is 1. The first-order chi connectivity index (χ1) is 14.2. The summed E-state index contributed by atoms with van der Waals surface area (Å²) >= 11 is 13.5. The van der Waals surface area contributed by atoms with Gasteiger partial charge >= 0.3 is 0 Å². The summed E-state index contributed by atoms with van der Waals surface area (Å²) < 4.78 is 1.33. The highest BCUT2D eigenvalue weighted by Gasteiger charge is 2.27. The highest BCUT2D eigenvalue weighted by Crippen LogP contribution is 2.30. The van der Waals surface area contributed by atoms with Crippen molar-refractivity contribution in [3.05, 3.63) is 64.1 Å². The van der Waals surface area contributed by atoms with Crippen LogP contribution in [0.5, 0.6) is 0 Å². The minimum atomic E-state index is -0.330. The summed E-state index contributed by atoms with van der Waals surface area (Å²) in [6, 6.07) is 15.0. The van der Waals surface area contributed by atoms with E-state index < -0.39 is 0 Å². The molecule has 0 radical (unpaired) electrons. The lowest BCUT2D eigenvalue weighted by Crippen LogP contribution is -2.46. The smallest absolute Gasteiger partial charge is 0.233 e. The molecule has 9 heteroatoms. The van der Waals surface area contributed by atoms with E-state index in [1.165, 1.54) is 16.4 Å². The van der Waals surface area contributed by atoms with Gasteiger partial charge in [-0.1, -0.05) is 65.3 Å². The van der Waals surface area contributed by atoms with Crippen LogP contribution in [0.2, 0.25) is 10.0 Å². The molecule has 6 nitrogen and oxygen atoms in total. The molecule has 2 N–H and O–H groups in total. The van der Waals surface area contributed by atoms with Crippen LogP contribution in [0.25, 0.3) is 11.4 Å². The predicted molar refractivity (Wildman–Crippen MR) is 123 cm³/mol. The number of nitrogens with two attached hydrogens (primary N) is 1. The number of amides is 1. The minimum Gasteiger partial charge on any atom is -0.335 e. The molecule has 0 aliphatic carbocycles. The van der Waals surface area contributed by atoms with Crippen molar-refractivity contribution in [1.29, 1.82) is 0 Å². The van der Waals surface area contributed by atoms with Gasteiger partial charge in [-0.3, -0.25) is 4.79 Å². The molecule has 0 saturated carbocycles. The number of benzene rings is 2. The normalized spacial score (nSPS) is 11.5. The standard InChI is InChI=1S/C21H23Cl2N5OS/c1-21(2,3)27(12-14-7-5-4-6-8-14)18(29)13-30-20-26-25-19(28(20)24)16-11-15(22)9-10-17(16)23/h4-11H,12-13,24H2,1-3H3. The van der Waals surface area contributed by atoms with Crippen LogP contribution >= 0.6 is 35.0 Å². The Labute approximate surface area is 190 Å². The molecule has 0 bridgehead atoms. The molecule has 1 aromatic heterocycles. The van der Waals surface area contributed by atoms with Gasteiger partial charge < -0.3 is 10.7 Å². The molecule has 1 amide bonds. The molecule has 2 aromatic carbocycles. The first kappa shape index (κ1) is 22.5. The van der Waals surface area contributed by atoms with Crippen LogP contribution < -0.4 is 5.84 Å². The number of hydrogen-bond acceptors (Lipinski definition) is 5. The van der Waals surface area contributed by atoms with Gasteiger partial charge in [-0.15, -0.1) is 10.2 Å². The van der Waals surface area contributed by atoms with Gasteiger partial charge in [-0.25, -0.2) is 4.68 Å². The predicted octanol–water partition coefficient (Wildman–Crippen LogP) is 4.89.